The van der Waals surface area contributed by atoms with E-state index in [4.69, 9.17) is 0 Å². The zero-order valence-corrected chi connectivity index (χ0v) is 12.3. The summed E-state index contributed by atoms with van der Waals surface area (Å²) < 4.78 is 0. The van der Waals surface area contributed by atoms with Crippen molar-refractivity contribution in [3.8, 4) is 0 Å². The van der Waals surface area contributed by atoms with Gasteiger partial charge in [-0.2, -0.15) is 0 Å². The summed E-state index contributed by atoms with van der Waals surface area (Å²) in [5.74, 6) is 0. The smallest absolute Gasteiger partial charge is 0.0342 e. The molecule has 0 radical (unpaired) electrons. The lowest BCUT2D eigenvalue weighted by Gasteiger charge is -2.15. The van der Waals surface area contributed by atoms with Gasteiger partial charge in [-0.25, -0.2) is 0 Å². The number of anilines is 1. The van der Waals surface area contributed by atoms with Crippen LogP contribution in [0.5, 0.6) is 0 Å². The summed E-state index contributed by atoms with van der Waals surface area (Å²) >= 11 is 0. The van der Waals surface area contributed by atoms with E-state index in [0.29, 0.717) is 6.04 Å². The van der Waals surface area contributed by atoms with Gasteiger partial charge in [0.2, 0.25) is 0 Å². The first-order valence-corrected chi connectivity index (χ1v) is 7.61. The molecule has 1 heteroatoms. The average molecular weight is 247 g/mol. The second-order valence-electron chi connectivity index (χ2n) is 5.34. The van der Waals surface area contributed by atoms with Crippen LogP contribution in [-0.2, 0) is 6.42 Å². The van der Waals surface area contributed by atoms with Crippen molar-refractivity contribution in [3.63, 3.8) is 0 Å². The van der Waals surface area contributed by atoms with Gasteiger partial charge in [-0.1, -0.05) is 51.7 Å². The first-order valence-electron chi connectivity index (χ1n) is 7.61. The van der Waals surface area contributed by atoms with Crippen molar-refractivity contribution in [1.29, 1.82) is 0 Å². The quantitative estimate of drug-likeness (QED) is 0.575. The Morgan fingerprint density at radius 2 is 1.61 bits per heavy atom. The zero-order valence-electron chi connectivity index (χ0n) is 12.3. The number of benzene rings is 1. The molecule has 1 nitrogen and oxygen atoms in total. The maximum atomic E-state index is 3.57. The highest BCUT2D eigenvalue weighted by Crippen LogP contribution is 2.14. The molecule has 1 N–H and O–H groups in total. The van der Waals surface area contributed by atoms with Crippen LogP contribution >= 0.6 is 0 Å². The number of nitrogens with one attached hydrogen (secondary N) is 1. The number of hydrogen-bond acceptors (Lipinski definition) is 1. The normalized spacial score (nSPS) is 12.4. The Hall–Kier alpha value is -0.980. The highest BCUT2D eigenvalue weighted by molar-refractivity contribution is 5.45. The highest BCUT2D eigenvalue weighted by atomic mass is 14.9. The molecule has 0 aromatic heterocycles. The Balaban J connectivity index is 2.35. The molecule has 18 heavy (non-hydrogen) atoms. The SMILES string of the molecule is CCCCCc1ccc(NC(C)CCCC)cc1. The molecule has 0 amide bonds. The van der Waals surface area contributed by atoms with Crippen LogP contribution in [-0.4, -0.2) is 6.04 Å². The molecular weight excluding hydrogens is 218 g/mol. The monoisotopic (exact) mass is 247 g/mol. The topological polar surface area (TPSA) is 12.0 Å². The van der Waals surface area contributed by atoms with Crippen molar-refractivity contribution in [2.45, 2.75) is 71.8 Å². The minimum atomic E-state index is 0.580. The van der Waals surface area contributed by atoms with Gasteiger partial charge in [0, 0.05) is 11.7 Å². The van der Waals surface area contributed by atoms with Crippen LogP contribution in [0.4, 0.5) is 5.69 Å². The third kappa shape index (κ3) is 6.09. The Morgan fingerprint density at radius 3 is 2.22 bits per heavy atom. The van der Waals surface area contributed by atoms with Crippen LogP contribution in [0.15, 0.2) is 24.3 Å². The minimum Gasteiger partial charge on any atom is -0.383 e. The summed E-state index contributed by atoms with van der Waals surface area (Å²) in [5, 5.41) is 3.57. The van der Waals surface area contributed by atoms with Crippen molar-refractivity contribution in [2.24, 2.45) is 0 Å². The van der Waals surface area contributed by atoms with E-state index in [9.17, 15) is 0 Å². The fraction of sp³-hybridized carbons (Fsp3) is 0.647. The van der Waals surface area contributed by atoms with E-state index in [0.717, 1.165) is 0 Å². The first kappa shape index (κ1) is 15.1. The summed E-state index contributed by atoms with van der Waals surface area (Å²) in [7, 11) is 0. The molecule has 0 aliphatic rings. The maximum Gasteiger partial charge on any atom is 0.0342 e. The molecule has 0 heterocycles. The summed E-state index contributed by atoms with van der Waals surface area (Å²) in [6.07, 6.45) is 9.03. The fourth-order valence-electron chi connectivity index (χ4n) is 2.21. The zero-order chi connectivity index (χ0) is 13.2. The predicted octanol–water partition coefficient (Wildman–Crippen LogP) is 5.41. The van der Waals surface area contributed by atoms with Gasteiger partial charge in [0.05, 0.1) is 0 Å². The van der Waals surface area contributed by atoms with E-state index in [1.807, 2.05) is 0 Å². The van der Waals surface area contributed by atoms with Gasteiger partial charge < -0.3 is 5.32 Å². The molecule has 0 saturated heterocycles. The van der Waals surface area contributed by atoms with Gasteiger partial charge in [-0.3, -0.25) is 0 Å². The van der Waals surface area contributed by atoms with E-state index in [1.54, 1.807) is 0 Å². The van der Waals surface area contributed by atoms with Crippen molar-refractivity contribution in [1.82, 2.24) is 0 Å². The summed E-state index contributed by atoms with van der Waals surface area (Å²) in [4.78, 5) is 0. The molecule has 0 aliphatic heterocycles. The van der Waals surface area contributed by atoms with Crippen molar-refractivity contribution < 1.29 is 0 Å². The van der Waals surface area contributed by atoms with E-state index in [2.05, 4.69) is 50.4 Å². The summed E-state index contributed by atoms with van der Waals surface area (Å²) in [6, 6.07) is 9.57. The van der Waals surface area contributed by atoms with Crippen LogP contribution in [0.25, 0.3) is 0 Å². The predicted molar refractivity (Wildman–Crippen MR) is 82.3 cm³/mol. The van der Waals surface area contributed by atoms with Gasteiger partial charge in [0.15, 0.2) is 0 Å². The fourth-order valence-corrected chi connectivity index (χ4v) is 2.21. The van der Waals surface area contributed by atoms with Gasteiger partial charge in [0.1, 0.15) is 0 Å². The molecule has 0 saturated carbocycles. The third-order valence-electron chi connectivity index (χ3n) is 3.43. The van der Waals surface area contributed by atoms with E-state index >= 15 is 0 Å². The number of aryl methyl sites for hydroxylation is 1. The van der Waals surface area contributed by atoms with Crippen molar-refractivity contribution in [2.75, 3.05) is 5.32 Å². The van der Waals surface area contributed by atoms with Crippen molar-refractivity contribution >= 4 is 5.69 Å². The molecule has 1 aromatic carbocycles. The van der Waals surface area contributed by atoms with E-state index in [1.165, 1.54) is 56.2 Å². The molecule has 1 rings (SSSR count). The van der Waals surface area contributed by atoms with E-state index in [-0.39, 0.29) is 0 Å². The standard InChI is InChI=1S/C17H29N/c1-4-6-8-10-16-11-13-17(14-12-16)18-15(3)9-7-5-2/h11-15,18H,4-10H2,1-3H3. The maximum absolute atomic E-state index is 3.57. The van der Waals surface area contributed by atoms with Gasteiger partial charge in [-0.05, 0) is 43.9 Å². The molecule has 1 atom stereocenters. The van der Waals surface area contributed by atoms with Crippen LogP contribution in [0, 0.1) is 0 Å². The summed E-state index contributed by atoms with van der Waals surface area (Å²) in [6.45, 7) is 6.77. The highest BCUT2D eigenvalue weighted by Gasteiger charge is 2.01. The molecule has 0 bridgehead atoms. The molecule has 1 aromatic rings. The average Bonchev–Trinajstić information content (AvgIpc) is 2.39. The molecule has 0 spiro atoms. The molecule has 0 aliphatic carbocycles. The van der Waals surface area contributed by atoms with Crippen LogP contribution < -0.4 is 5.32 Å². The number of rotatable bonds is 9. The molecule has 1 unspecified atom stereocenters. The second-order valence-corrected chi connectivity index (χ2v) is 5.34. The Morgan fingerprint density at radius 1 is 0.944 bits per heavy atom. The van der Waals surface area contributed by atoms with Gasteiger partial charge in [0.25, 0.3) is 0 Å². The lowest BCUT2D eigenvalue weighted by atomic mass is 10.1. The lowest BCUT2D eigenvalue weighted by Crippen LogP contribution is -2.14. The van der Waals surface area contributed by atoms with Crippen LogP contribution in [0.2, 0.25) is 0 Å². The minimum absolute atomic E-state index is 0.580. The van der Waals surface area contributed by atoms with Gasteiger partial charge >= 0.3 is 0 Å². The summed E-state index contributed by atoms with van der Waals surface area (Å²) in [5.41, 5.74) is 2.73. The van der Waals surface area contributed by atoms with Crippen LogP contribution in [0.3, 0.4) is 0 Å². The Labute approximate surface area is 113 Å². The molecular formula is C17H29N. The molecule has 102 valence electrons. The Kier molecular flexibility index (Phi) is 7.55. The largest absolute Gasteiger partial charge is 0.383 e. The van der Waals surface area contributed by atoms with Crippen LogP contribution in [0.1, 0.15) is 64.9 Å². The third-order valence-corrected chi connectivity index (χ3v) is 3.43. The molecule has 0 fully saturated rings. The Bertz CT molecular complexity index is 302. The lowest BCUT2D eigenvalue weighted by molar-refractivity contribution is 0.645. The number of hydrogen-bond donors (Lipinski definition) is 1. The first-order chi connectivity index (χ1) is 8.76. The second kappa shape index (κ2) is 9.02. The van der Waals surface area contributed by atoms with Crippen molar-refractivity contribution in [3.05, 3.63) is 29.8 Å². The van der Waals surface area contributed by atoms with Gasteiger partial charge in [-0.15, -0.1) is 0 Å². The van der Waals surface area contributed by atoms with E-state index < -0.39 is 0 Å². The number of unbranched alkanes of at least 4 members (excludes halogenated alkanes) is 3.